The molecule has 2 saturated heterocycles. The molecule has 0 aromatic heterocycles. The molecule has 0 aliphatic carbocycles. The number of ether oxygens (including phenoxy) is 1. The van der Waals surface area contributed by atoms with Crippen LogP contribution < -0.4 is 0 Å². The zero-order valence-corrected chi connectivity index (χ0v) is 7.59. The monoisotopic (exact) mass is 187 g/mol. The SMILES string of the molecule is O=C(F)CCN1CCC2(CC1)CO2. The third-order valence-corrected chi connectivity index (χ3v) is 2.94. The molecule has 0 unspecified atom stereocenters. The molecule has 0 radical (unpaired) electrons. The Labute approximate surface area is 76.8 Å². The summed E-state index contributed by atoms with van der Waals surface area (Å²) in [6, 6.07) is -1.21. The molecule has 13 heavy (non-hydrogen) atoms. The molecular weight excluding hydrogens is 173 g/mol. The fourth-order valence-corrected chi connectivity index (χ4v) is 1.82. The molecule has 3 nitrogen and oxygen atoms in total. The highest BCUT2D eigenvalue weighted by Crippen LogP contribution is 2.37. The topological polar surface area (TPSA) is 32.8 Å². The zero-order chi connectivity index (χ0) is 9.31. The Morgan fingerprint density at radius 3 is 2.54 bits per heavy atom. The van der Waals surface area contributed by atoms with Gasteiger partial charge in [0.05, 0.1) is 18.6 Å². The van der Waals surface area contributed by atoms with Gasteiger partial charge in [0.1, 0.15) is 0 Å². The molecule has 2 rings (SSSR count). The lowest BCUT2D eigenvalue weighted by molar-refractivity contribution is -0.129. The smallest absolute Gasteiger partial charge is 0.302 e. The molecule has 74 valence electrons. The Balaban J connectivity index is 1.69. The van der Waals surface area contributed by atoms with E-state index in [1.165, 1.54) is 0 Å². The number of carbonyl (C=O) groups is 1. The van der Waals surface area contributed by atoms with Crippen molar-refractivity contribution in [3.63, 3.8) is 0 Å². The standard InChI is InChI=1S/C9H14FNO2/c10-8(12)1-4-11-5-2-9(3-6-11)7-13-9/h1-7H2. The summed E-state index contributed by atoms with van der Waals surface area (Å²) in [6.45, 7) is 3.33. The van der Waals surface area contributed by atoms with Crippen molar-refractivity contribution in [3.8, 4) is 0 Å². The van der Waals surface area contributed by atoms with Crippen LogP contribution in [0.3, 0.4) is 0 Å². The average Bonchev–Trinajstić information content (AvgIpc) is 2.85. The lowest BCUT2D eigenvalue weighted by Crippen LogP contribution is -2.38. The number of carbonyl (C=O) groups excluding carboxylic acids is 1. The fourth-order valence-electron chi connectivity index (χ4n) is 1.82. The van der Waals surface area contributed by atoms with Crippen LogP contribution in [0.4, 0.5) is 4.39 Å². The second-order valence-corrected chi connectivity index (χ2v) is 3.92. The van der Waals surface area contributed by atoms with Crippen LogP contribution in [-0.2, 0) is 9.53 Å². The number of epoxide rings is 1. The van der Waals surface area contributed by atoms with E-state index in [2.05, 4.69) is 4.90 Å². The van der Waals surface area contributed by atoms with Gasteiger partial charge in [-0.2, -0.15) is 4.39 Å². The maximum absolute atomic E-state index is 11.9. The average molecular weight is 187 g/mol. The van der Waals surface area contributed by atoms with Gasteiger partial charge < -0.3 is 9.64 Å². The van der Waals surface area contributed by atoms with Gasteiger partial charge >= 0.3 is 6.04 Å². The molecule has 2 heterocycles. The molecule has 2 aliphatic heterocycles. The first-order valence-corrected chi connectivity index (χ1v) is 4.75. The van der Waals surface area contributed by atoms with E-state index in [4.69, 9.17) is 4.74 Å². The van der Waals surface area contributed by atoms with Gasteiger partial charge in [-0.25, -0.2) is 0 Å². The second-order valence-electron chi connectivity index (χ2n) is 3.92. The van der Waals surface area contributed by atoms with Gasteiger partial charge in [0.2, 0.25) is 0 Å². The van der Waals surface area contributed by atoms with Gasteiger partial charge in [0, 0.05) is 19.6 Å². The number of hydrogen-bond donors (Lipinski definition) is 0. The van der Waals surface area contributed by atoms with Crippen LogP contribution in [0, 0.1) is 0 Å². The molecule has 0 aromatic rings. The first kappa shape index (κ1) is 9.09. The van der Waals surface area contributed by atoms with E-state index in [9.17, 15) is 9.18 Å². The van der Waals surface area contributed by atoms with Crippen molar-refractivity contribution in [1.29, 1.82) is 0 Å². The Morgan fingerprint density at radius 1 is 1.46 bits per heavy atom. The fraction of sp³-hybridized carbons (Fsp3) is 0.889. The van der Waals surface area contributed by atoms with E-state index < -0.39 is 6.04 Å². The lowest BCUT2D eigenvalue weighted by Gasteiger charge is -2.29. The highest BCUT2D eigenvalue weighted by Gasteiger charge is 2.46. The summed E-state index contributed by atoms with van der Waals surface area (Å²) in [4.78, 5) is 12.2. The second kappa shape index (κ2) is 3.35. The molecule has 0 aromatic carbocycles. The van der Waals surface area contributed by atoms with Gasteiger partial charge in [-0.1, -0.05) is 0 Å². The summed E-state index contributed by atoms with van der Waals surface area (Å²) >= 11 is 0. The van der Waals surface area contributed by atoms with Gasteiger partial charge in [0.25, 0.3) is 0 Å². The minimum Gasteiger partial charge on any atom is -0.369 e. The third-order valence-electron chi connectivity index (χ3n) is 2.94. The summed E-state index contributed by atoms with van der Waals surface area (Å²) in [5.41, 5.74) is 0.177. The van der Waals surface area contributed by atoms with Crippen LogP contribution in [0.15, 0.2) is 0 Å². The number of rotatable bonds is 3. The third kappa shape index (κ3) is 2.25. The van der Waals surface area contributed by atoms with Crippen LogP contribution in [0.1, 0.15) is 19.3 Å². The van der Waals surface area contributed by atoms with Crippen molar-refractivity contribution in [2.75, 3.05) is 26.2 Å². The molecule has 0 amide bonds. The largest absolute Gasteiger partial charge is 0.369 e. The summed E-state index contributed by atoms with van der Waals surface area (Å²) in [7, 11) is 0. The van der Waals surface area contributed by atoms with Gasteiger partial charge in [0.15, 0.2) is 0 Å². The molecule has 0 saturated carbocycles. The Kier molecular flexibility index (Phi) is 2.34. The van der Waals surface area contributed by atoms with E-state index in [0.29, 0.717) is 6.54 Å². The van der Waals surface area contributed by atoms with Crippen LogP contribution >= 0.6 is 0 Å². The van der Waals surface area contributed by atoms with Crippen molar-refractivity contribution in [1.82, 2.24) is 4.90 Å². The van der Waals surface area contributed by atoms with E-state index in [1.807, 2.05) is 0 Å². The Bertz CT molecular complexity index is 206. The molecule has 1 spiro atoms. The minimum absolute atomic E-state index is 0.0356. The molecule has 0 atom stereocenters. The van der Waals surface area contributed by atoms with E-state index in [-0.39, 0.29) is 12.0 Å². The molecule has 2 aliphatic rings. The molecule has 2 fully saturated rings. The summed E-state index contributed by atoms with van der Waals surface area (Å²) < 4.78 is 17.3. The van der Waals surface area contributed by atoms with E-state index in [1.54, 1.807) is 0 Å². The van der Waals surface area contributed by atoms with E-state index in [0.717, 1.165) is 32.5 Å². The van der Waals surface area contributed by atoms with Gasteiger partial charge in [-0.3, -0.25) is 4.79 Å². The summed E-state index contributed by atoms with van der Waals surface area (Å²) in [5.74, 6) is 0. The number of likely N-dealkylation sites (tertiary alicyclic amines) is 1. The lowest BCUT2D eigenvalue weighted by atomic mass is 9.98. The summed E-state index contributed by atoms with van der Waals surface area (Å²) in [6.07, 6.45) is 2.11. The first-order valence-electron chi connectivity index (χ1n) is 4.75. The highest BCUT2D eigenvalue weighted by atomic mass is 19.1. The highest BCUT2D eigenvalue weighted by molar-refractivity contribution is 5.67. The van der Waals surface area contributed by atoms with Crippen molar-refractivity contribution in [2.24, 2.45) is 0 Å². The molecule has 0 N–H and O–H groups in total. The number of hydrogen-bond acceptors (Lipinski definition) is 3. The van der Waals surface area contributed by atoms with Crippen molar-refractivity contribution in [3.05, 3.63) is 0 Å². The zero-order valence-electron chi connectivity index (χ0n) is 7.59. The maximum atomic E-state index is 11.9. The van der Waals surface area contributed by atoms with E-state index >= 15 is 0 Å². The first-order chi connectivity index (χ1) is 6.20. The quantitative estimate of drug-likeness (QED) is 0.482. The van der Waals surface area contributed by atoms with Crippen molar-refractivity contribution < 1.29 is 13.9 Å². The van der Waals surface area contributed by atoms with Crippen molar-refractivity contribution >= 4 is 6.04 Å². The van der Waals surface area contributed by atoms with Gasteiger partial charge in [-0.05, 0) is 12.8 Å². The summed E-state index contributed by atoms with van der Waals surface area (Å²) in [5, 5.41) is 0. The van der Waals surface area contributed by atoms with Crippen LogP contribution in [-0.4, -0.2) is 42.8 Å². The number of halogens is 1. The Hall–Kier alpha value is -0.480. The van der Waals surface area contributed by atoms with Crippen LogP contribution in [0.25, 0.3) is 0 Å². The maximum Gasteiger partial charge on any atom is 0.302 e. The molecule has 4 heteroatoms. The Morgan fingerprint density at radius 2 is 2.08 bits per heavy atom. The predicted octanol–water partition coefficient (Wildman–Crippen LogP) is 0.737. The number of nitrogens with zero attached hydrogens (tertiary/aromatic N) is 1. The predicted molar refractivity (Wildman–Crippen MR) is 45.1 cm³/mol. The van der Waals surface area contributed by atoms with Gasteiger partial charge in [-0.15, -0.1) is 0 Å². The van der Waals surface area contributed by atoms with Crippen LogP contribution in [0.5, 0.6) is 0 Å². The molecular formula is C9H14FNO2. The van der Waals surface area contributed by atoms with Crippen molar-refractivity contribution in [2.45, 2.75) is 24.9 Å². The normalized spacial score (nSPS) is 26.2. The minimum atomic E-state index is -1.21. The van der Waals surface area contributed by atoms with Crippen LogP contribution in [0.2, 0.25) is 0 Å². The number of piperidine rings is 1. The molecule has 0 bridgehead atoms.